The van der Waals surface area contributed by atoms with Gasteiger partial charge < -0.3 is 15.4 Å². The number of rotatable bonds is 7. The Morgan fingerprint density at radius 1 is 1.27 bits per heavy atom. The fourth-order valence-corrected chi connectivity index (χ4v) is 3.29. The van der Waals surface area contributed by atoms with E-state index < -0.39 is 0 Å². The summed E-state index contributed by atoms with van der Waals surface area (Å²) in [4.78, 5) is 7.36. The van der Waals surface area contributed by atoms with Crippen LogP contribution in [0, 0.1) is 5.41 Å². The van der Waals surface area contributed by atoms with E-state index in [2.05, 4.69) is 36.3 Å². The fourth-order valence-electron chi connectivity index (χ4n) is 3.29. The van der Waals surface area contributed by atoms with Crippen molar-refractivity contribution in [2.45, 2.75) is 52.5 Å². The highest BCUT2D eigenvalue weighted by Crippen LogP contribution is 2.26. The SMILES string of the molecule is CCNC(=NCC1(C)COC1)NCCN1CCCCC1CC. The Bertz CT molecular complexity index is 355. The van der Waals surface area contributed by atoms with Gasteiger partial charge in [-0.25, -0.2) is 0 Å². The first-order valence-corrected chi connectivity index (χ1v) is 9.01. The molecule has 2 aliphatic rings. The Kier molecular flexibility index (Phi) is 6.96. The molecule has 22 heavy (non-hydrogen) atoms. The quantitative estimate of drug-likeness (QED) is 0.556. The van der Waals surface area contributed by atoms with Gasteiger partial charge in [-0.05, 0) is 32.7 Å². The Morgan fingerprint density at radius 2 is 2.09 bits per heavy atom. The van der Waals surface area contributed by atoms with Crippen LogP contribution in [0.15, 0.2) is 4.99 Å². The first-order valence-electron chi connectivity index (χ1n) is 9.01. The van der Waals surface area contributed by atoms with Crippen molar-refractivity contribution in [3.05, 3.63) is 0 Å². The van der Waals surface area contributed by atoms with Gasteiger partial charge in [-0.2, -0.15) is 0 Å². The maximum atomic E-state index is 5.30. The third-order valence-corrected chi connectivity index (χ3v) is 4.78. The highest BCUT2D eigenvalue weighted by atomic mass is 16.5. The molecule has 2 aliphatic heterocycles. The second-order valence-corrected chi connectivity index (χ2v) is 7.02. The van der Waals surface area contributed by atoms with Gasteiger partial charge >= 0.3 is 0 Å². The van der Waals surface area contributed by atoms with E-state index in [1.165, 1.54) is 32.2 Å². The minimum Gasteiger partial charge on any atom is -0.380 e. The molecule has 2 rings (SSSR count). The summed E-state index contributed by atoms with van der Waals surface area (Å²) in [6.45, 7) is 13.4. The van der Waals surface area contributed by atoms with Crippen LogP contribution in [0.25, 0.3) is 0 Å². The lowest BCUT2D eigenvalue weighted by atomic mass is 9.89. The topological polar surface area (TPSA) is 48.9 Å². The molecular formula is C17H34N4O. The largest absolute Gasteiger partial charge is 0.380 e. The number of likely N-dealkylation sites (tertiary alicyclic amines) is 1. The van der Waals surface area contributed by atoms with E-state index in [0.29, 0.717) is 0 Å². The number of hydrogen-bond acceptors (Lipinski definition) is 3. The summed E-state index contributed by atoms with van der Waals surface area (Å²) >= 11 is 0. The van der Waals surface area contributed by atoms with E-state index in [9.17, 15) is 0 Å². The van der Waals surface area contributed by atoms with Gasteiger partial charge in [0.2, 0.25) is 0 Å². The summed E-state index contributed by atoms with van der Waals surface area (Å²) < 4.78 is 5.30. The van der Waals surface area contributed by atoms with Crippen molar-refractivity contribution in [2.24, 2.45) is 10.4 Å². The van der Waals surface area contributed by atoms with Gasteiger partial charge in [0, 0.05) is 31.1 Å². The first kappa shape index (κ1) is 17.5. The Hall–Kier alpha value is -0.810. The average Bonchev–Trinajstić information content (AvgIpc) is 2.51. The predicted octanol–water partition coefficient (Wildman–Crippen LogP) is 1.84. The molecule has 0 saturated carbocycles. The van der Waals surface area contributed by atoms with E-state index in [4.69, 9.17) is 9.73 Å². The number of hydrogen-bond donors (Lipinski definition) is 2. The second-order valence-electron chi connectivity index (χ2n) is 7.02. The highest BCUT2D eigenvalue weighted by molar-refractivity contribution is 5.79. The summed E-state index contributed by atoms with van der Waals surface area (Å²) in [6.07, 6.45) is 5.38. The monoisotopic (exact) mass is 310 g/mol. The van der Waals surface area contributed by atoms with E-state index in [1.807, 2.05) is 0 Å². The molecule has 1 atom stereocenters. The molecule has 2 saturated heterocycles. The van der Waals surface area contributed by atoms with Gasteiger partial charge in [-0.1, -0.05) is 20.3 Å². The molecule has 2 heterocycles. The summed E-state index contributed by atoms with van der Waals surface area (Å²) in [5, 5.41) is 6.84. The first-order chi connectivity index (χ1) is 10.7. The lowest BCUT2D eigenvalue weighted by molar-refractivity contribution is -0.0945. The Labute approximate surface area is 135 Å². The van der Waals surface area contributed by atoms with Crippen LogP contribution >= 0.6 is 0 Å². The third kappa shape index (κ3) is 5.13. The molecule has 128 valence electrons. The maximum absolute atomic E-state index is 5.30. The summed E-state index contributed by atoms with van der Waals surface area (Å²) in [7, 11) is 0. The van der Waals surface area contributed by atoms with Gasteiger partial charge in [0.1, 0.15) is 0 Å². The van der Waals surface area contributed by atoms with Gasteiger partial charge in [0.25, 0.3) is 0 Å². The molecule has 0 aromatic heterocycles. The van der Waals surface area contributed by atoms with Crippen molar-refractivity contribution in [3.8, 4) is 0 Å². The fraction of sp³-hybridized carbons (Fsp3) is 0.941. The van der Waals surface area contributed by atoms with E-state index in [-0.39, 0.29) is 5.41 Å². The maximum Gasteiger partial charge on any atom is 0.191 e. The van der Waals surface area contributed by atoms with Crippen molar-refractivity contribution in [3.63, 3.8) is 0 Å². The molecular weight excluding hydrogens is 276 g/mol. The summed E-state index contributed by atoms with van der Waals surface area (Å²) in [5.41, 5.74) is 0.239. The molecule has 0 bridgehead atoms. The van der Waals surface area contributed by atoms with Crippen molar-refractivity contribution in [1.29, 1.82) is 0 Å². The number of nitrogens with zero attached hydrogens (tertiary/aromatic N) is 2. The highest BCUT2D eigenvalue weighted by Gasteiger charge is 2.33. The Morgan fingerprint density at radius 3 is 2.73 bits per heavy atom. The van der Waals surface area contributed by atoms with E-state index in [1.54, 1.807) is 0 Å². The van der Waals surface area contributed by atoms with E-state index >= 15 is 0 Å². The number of piperidine rings is 1. The molecule has 2 fully saturated rings. The molecule has 0 aromatic carbocycles. The van der Waals surface area contributed by atoms with Crippen molar-refractivity contribution in [2.75, 3.05) is 45.9 Å². The molecule has 0 aromatic rings. The van der Waals surface area contributed by atoms with Crippen LogP contribution in [0.1, 0.15) is 46.5 Å². The van der Waals surface area contributed by atoms with Gasteiger partial charge in [0.05, 0.1) is 19.8 Å². The molecule has 5 heteroatoms. The lowest BCUT2D eigenvalue weighted by Gasteiger charge is -2.37. The molecule has 2 N–H and O–H groups in total. The van der Waals surface area contributed by atoms with Crippen LogP contribution in [-0.2, 0) is 4.74 Å². The molecule has 1 unspecified atom stereocenters. The number of aliphatic imine (C=N–C) groups is 1. The van der Waals surface area contributed by atoms with Crippen LogP contribution in [-0.4, -0.2) is 62.8 Å². The van der Waals surface area contributed by atoms with Gasteiger partial charge in [0.15, 0.2) is 5.96 Å². The van der Waals surface area contributed by atoms with Crippen molar-refractivity contribution >= 4 is 5.96 Å². The lowest BCUT2D eigenvalue weighted by Crippen LogP contribution is -2.47. The molecule has 0 aliphatic carbocycles. The number of nitrogens with one attached hydrogen (secondary N) is 2. The number of ether oxygens (including phenoxy) is 1. The minimum atomic E-state index is 0.239. The standard InChI is InChI=1S/C17H34N4O/c1-4-15-8-6-7-10-21(15)11-9-19-16(18-5-2)20-12-17(3)13-22-14-17/h15H,4-14H2,1-3H3,(H2,18,19,20). The van der Waals surface area contributed by atoms with Crippen LogP contribution < -0.4 is 10.6 Å². The summed E-state index contributed by atoms with van der Waals surface area (Å²) in [6, 6.07) is 0.779. The molecule has 5 nitrogen and oxygen atoms in total. The smallest absolute Gasteiger partial charge is 0.191 e. The zero-order chi connectivity index (χ0) is 15.8. The zero-order valence-corrected chi connectivity index (χ0v) is 14.7. The predicted molar refractivity (Wildman–Crippen MR) is 92.4 cm³/mol. The normalized spacial score (nSPS) is 25.6. The minimum absolute atomic E-state index is 0.239. The van der Waals surface area contributed by atoms with Crippen molar-refractivity contribution < 1.29 is 4.74 Å². The Balaban J connectivity index is 1.74. The molecule has 0 spiro atoms. The van der Waals surface area contributed by atoms with Crippen LogP contribution in [0.4, 0.5) is 0 Å². The summed E-state index contributed by atoms with van der Waals surface area (Å²) in [5.74, 6) is 0.945. The van der Waals surface area contributed by atoms with E-state index in [0.717, 1.165) is 51.4 Å². The third-order valence-electron chi connectivity index (χ3n) is 4.78. The second kappa shape index (κ2) is 8.73. The average molecular weight is 310 g/mol. The molecule has 0 radical (unpaired) electrons. The van der Waals surface area contributed by atoms with Crippen molar-refractivity contribution in [1.82, 2.24) is 15.5 Å². The van der Waals surface area contributed by atoms with Crippen LogP contribution in [0.5, 0.6) is 0 Å². The van der Waals surface area contributed by atoms with Crippen LogP contribution in [0.2, 0.25) is 0 Å². The van der Waals surface area contributed by atoms with Gasteiger partial charge in [-0.3, -0.25) is 9.89 Å². The van der Waals surface area contributed by atoms with Gasteiger partial charge in [-0.15, -0.1) is 0 Å². The number of guanidine groups is 1. The van der Waals surface area contributed by atoms with Crippen LogP contribution in [0.3, 0.4) is 0 Å². The zero-order valence-electron chi connectivity index (χ0n) is 14.7. The molecule has 0 amide bonds.